The molecule has 2 heterocycles. The van der Waals surface area contributed by atoms with E-state index in [2.05, 4.69) is 25.5 Å². The molecule has 0 saturated heterocycles. The van der Waals surface area contributed by atoms with Crippen molar-refractivity contribution in [3.8, 4) is 11.5 Å². The van der Waals surface area contributed by atoms with Gasteiger partial charge in [0.05, 0.1) is 5.75 Å². The van der Waals surface area contributed by atoms with Crippen molar-refractivity contribution in [2.45, 2.75) is 12.1 Å². The third-order valence-electron chi connectivity index (χ3n) is 3.01. The van der Waals surface area contributed by atoms with Crippen molar-refractivity contribution in [2.24, 2.45) is 0 Å². The van der Waals surface area contributed by atoms with E-state index in [1.165, 1.54) is 11.8 Å². The lowest BCUT2D eigenvalue weighted by Gasteiger charge is -2.04. The summed E-state index contributed by atoms with van der Waals surface area (Å²) < 4.78 is 0. The van der Waals surface area contributed by atoms with Crippen LogP contribution in [0.25, 0.3) is 11.5 Å². The van der Waals surface area contributed by atoms with Gasteiger partial charge < -0.3 is 5.32 Å². The van der Waals surface area contributed by atoms with E-state index in [0.717, 1.165) is 16.9 Å². The van der Waals surface area contributed by atoms with Gasteiger partial charge in [-0.1, -0.05) is 30.0 Å². The van der Waals surface area contributed by atoms with Gasteiger partial charge in [-0.2, -0.15) is 4.98 Å². The van der Waals surface area contributed by atoms with Gasteiger partial charge in [0.1, 0.15) is 5.69 Å². The molecular formula is C16H15N5OS. The maximum absolute atomic E-state index is 12.0. The number of amides is 1. The van der Waals surface area contributed by atoms with Gasteiger partial charge in [-0.05, 0) is 36.8 Å². The molecule has 0 aliphatic rings. The van der Waals surface area contributed by atoms with Crippen LogP contribution in [-0.4, -0.2) is 31.8 Å². The van der Waals surface area contributed by atoms with Gasteiger partial charge in [0.2, 0.25) is 11.1 Å². The predicted molar refractivity (Wildman–Crippen MR) is 90.1 cm³/mol. The van der Waals surface area contributed by atoms with Crippen LogP contribution in [0.15, 0.2) is 53.8 Å². The first-order valence-electron chi connectivity index (χ1n) is 7.04. The number of benzene rings is 1. The fourth-order valence-corrected chi connectivity index (χ4v) is 2.58. The molecule has 3 rings (SSSR count). The molecule has 7 heteroatoms. The van der Waals surface area contributed by atoms with Crippen LogP contribution in [0.3, 0.4) is 0 Å². The third-order valence-corrected chi connectivity index (χ3v) is 3.85. The summed E-state index contributed by atoms with van der Waals surface area (Å²) in [6, 6.07) is 13.2. The van der Waals surface area contributed by atoms with Gasteiger partial charge in [-0.3, -0.25) is 14.9 Å². The molecule has 0 saturated carbocycles. The van der Waals surface area contributed by atoms with E-state index in [9.17, 15) is 4.79 Å². The van der Waals surface area contributed by atoms with Gasteiger partial charge in [-0.15, -0.1) is 5.10 Å². The predicted octanol–water partition coefficient (Wildman–Crippen LogP) is 2.91. The number of pyridine rings is 1. The number of aryl methyl sites for hydroxylation is 1. The van der Waals surface area contributed by atoms with Crippen LogP contribution in [0, 0.1) is 6.92 Å². The Morgan fingerprint density at radius 1 is 1.26 bits per heavy atom. The monoisotopic (exact) mass is 325 g/mol. The Hall–Kier alpha value is -2.67. The molecule has 0 radical (unpaired) electrons. The second kappa shape index (κ2) is 7.06. The van der Waals surface area contributed by atoms with Crippen molar-refractivity contribution >= 4 is 23.4 Å². The molecule has 2 N–H and O–H groups in total. The van der Waals surface area contributed by atoms with Crippen molar-refractivity contribution in [3.05, 3.63) is 54.2 Å². The molecule has 0 fully saturated rings. The fourth-order valence-electron chi connectivity index (χ4n) is 1.98. The van der Waals surface area contributed by atoms with Crippen LogP contribution in [-0.2, 0) is 4.79 Å². The van der Waals surface area contributed by atoms with Crippen molar-refractivity contribution < 1.29 is 4.79 Å². The van der Waals surface area contributed by atoms with Crippen molar-refractivity contribution in [3.63, 3.8) is 0 Å². The van der Waals surface area contributed by atoms with Gasteiger partial charge in [-0.25, -0.2) is 0 Å². The van der Waals surface area contributed by atoms with Gasteiger partial charge in [0, 0.05) is 11.9 Å². The van der Waals surface area contributed by atoms with E-state index in [-0.39, 0.29) is 11.7 Å². The molecule has 0 aliphatic heterocycles. The summed E-state index contributed by atoms with van der Waals surface area (Å²) in [5.74, 6) is 0.741. The number of carbonyl (C=O) groups is 1. The lowest BCUT2D eigenvalue weighted by Crippen LogP contribution is -2.14. The topological polar surface area (TPSA) is 83.6 Å². The van der Waals surface area contributed by atoms with Gasteiger partial charge in [0.15, 0.2) is 5.82 Å². The van der Waals surface area contributed by atoms with Gasteiger partial charge >= 0.3 is 0 Å². The summed E-state index contributed by atoms with van der Waals surface area (Å²) in [6.07, 6.45) is 1.69. The first-order chi connectivity index (χ1) is 11.2. The maximum Gasteiger partial charge on any atom is 0.234 e. The zero-order chi connectivity index (χ0) is 16.1. The summed E-state index contributed by atoms with van der Waals surface area (Å²) in [5, 5.41) is 10.3. The smallest absolute Gasteiger partial charge is 0.234 e. The molecule has 2 aromatic heterocycles. The Bertz CT molecular complexity index is 803. The second-order valence-electron chi connectivity index (χ2n) is 4.89. The Kier molecular flexibility index (Phi) is 4.68. The molecule has 0 spiro atoms. The number of aromatic amines is 1. The van der Waals surface area contributed by atoms with Crippen LogP contribution in [0.2, 0.25) is 0 Å². The number of rotatable bonds is 5. The number of carbonyl (C=O) groups excluding carboxylic acids is 1. The number of hydrogen-bond donors (Lipinski definition) is 2. The zero-order valence-corrected chi connectivity index (χ0v) is 13.3. The van der Waals surface area contributed by atoms with E-state index >= 15 is 0 Å². The lowest BCUT2D eigenvalue weighted by molar-refractivity contribution is -0.113. The number of hydrogen-bond acceptors (Lipinski definition) is 5. The number of nitrogens with one attached hydrogen (secondary N) is 2. The van der Waals surface area contributed by atoms with Crippen molar-refractivity contribution in [2.75, 3.05) is 11.1 Å². The minimum absolute atomic E-state index is 0.0928. The average molecular weight is 325 g/mol. The van der Waals surface area contributed by atoms with Crippen LogP contribution >= 0.6 is 11.8 Å². The highest BCUT2D eigenvalue weighted by atomic mass is 32.2. The van der Waals surface area contributed by atoms with E-state index < -0.39 is 0 Å². The largest absolute Gasteiger partial charge is 0.325 e. The summed E-state index contributed by atoms with van der Waals surface area (Å²) in [5.41, 5.74) is 2.61. The molecule has 1 aromatic carbocycles. The number of thioether (sulfide) groups is 1. The molecule has 3 aromatic rings. The minimum atomic E-state index is -0.0928. The molecule has 0 bridgehead atoms. The molecule has 0 aliphatic carbocycles. The van der Waals surface area contributed by atoms with E-state index in [1.807, 2.05) is 49.4 Å². The fraction of sp³-hybridized carbons (Fsp3) is 0.125. The average Bonchev–Trinajstić information content (AvgIpc) is 3.03. The highest BCUT2D eigenvalue weighted by Crippen LogP contribution is 2.18. The highest BCUT2D eigenvalue weighted by Gasteiger charge is 2.09. The molecule has 1 amide bonds. The van der Waals surface area contributed by atoms with E-state index in [4.69, 9.17) is 0 Å². The van der Waals surface area contributed by atoms with Crippen molar-refractivity contribution in [1.29, 1.82) is 0 Å². The van der Waals surface area contributed by atoms with E-state index in [0.29, 0.717) is 11.0 Å². The summed E-state index contributed by atoms with van der Waals surface area (Å²) in [7, 11) is 0. The number of aromatic nitrogens is 4. The third kappa shape index (κ3) is 4.17. The van der Waals surface area contributed by atoms with E-state index in [1.54, 1.807) is 6.20 Å². The SMILES string of the molecule is Cc1cccc(NC(=O)CSc2n[nH]c(-c3ccccn3)n2)c1. The molecular weight excluding hydrogens is 310 g/mol. The molecule has 0 atom stereocenters. The Labute approximate surface area is 137 Å². The quantitative estimate of drug-likeness (QED) is 0.705. The summed E-state index contributed by atoms with van der Waals surface area (Å²) >= 11 is 1.27. The zero-order valence-electron chi connectivity index (χ0n) is 12.5. The van der Waals surface area contributed by atoms with Crippen LogP contribution in [0.5, 0.6) is 0 Å². The second-order valence-corrected chi connectivity index (χ2v) is 5.83. The minimum Gasteiger partial charge on any atom is -0.325 e. The molecule has 23 heavy (non-hydrogen) atoms. The normalized spacial score (nSPS) is 10.5. The summed E-state index contributed by atoms with van der Waals surface area (Å²) in [6.45, 7) is 1.98. The Morgan fingerprint density at radius 2 is 2.17 bits per heavy atom. The van der Waals surface area contributed by atoms with Crippen LogP contribution in [0.4, 0.5) is 5.69 Å². The molecule has 116 valence electrons. The Morgan fingerprint density at radius 3 is 2.96 bits per heavy atom. The van der Waals surface area contributed by atoms with Gasteiger partial charge in [0.25, 0.3) is 0 Å². The van der Waals surface area contributed by atoms with Crippen LogP contribution in [0.1, 0.15) is 5.56 Å². The number of anilines is 1. The number of nitrogens with zero attached hydrogens (tertiary/aromatic N) is 3. The van der Waals surface area contributed by atoms with Crippen molar-refractivity contribution in [1.82, 2.24) is 20.2 Å². The van der Waals surface area contributed by atoms with Crippen LogP contribution < -0.4 is 5.32 Å². The summed E-state index contributed by atoms with van der Waals surface area (Å²) in [4.78, 5) is 20.5. The first-order valence-corrected chi connectivity index (χ1v) is 8.02. The first kappa shape index (κ1) is 15.2. The molecule has 6 nitrogen and oxygen atoms in total. The molecule has 0 unspecified atom stereocenters. The Balaban J connectivity index is 1.56. The maximum atomic E-state index is 12.0. The lowest BCUT2D eigenvalue weighted by atomic mass is 10.2. The standard InChI is InChI=1S/C16H15N5OS/c1-11-5-4-6-12(9-11)18-14(22)10-23-16-19-15(20-21-16)13-7-2-3-8-17-13/h2-9H,10H2,1H3,(H,18,22)(H,19,20,21). The highest BCUT2D eigenvalue weighted by molar-refractivity contribution is 7.99. The number of H-pyrrole nitrogens is 1.